The van der Waals surface area contributed by atoms with E-state index in [2.05, 4.69) is 21.2 Å². The van der Waals surface area contributed by atoms with E-state index in [4.69, 9.17) is 0 Å². The summed E-state index contributed by atoms with van der Waals surface area (Å²) in [6, 6.07) is 3.33. The van der Waals surface area contributed by atoms with Crippen molar-refractivity contribution in [2.75, 3.05) is 20.1 Å². The van der Waals surface area contributed by atoms with E-state index in [9.17, 15) is 17.6 Å². The number of likely N-dealkylation sites (N-methyl/N-ethyl adjacent to an activating group) is 1. The van der Waals surface area contributed by atoms with E-state index in [1.807, 2.05) is 6.92 Å². The largest absolute Gasteiger partial charge is 0.358 e. The van der Waals surface area contributed by atoms with Gasteiger partial charge >= 0.3 is 0 Å². The predicted molar refractivity (Wildman–Crippen MR) is 77.2 cm³/mol. The van der Waals surface area contributed by atoms with Crippen LogP contribution in [0.2, 0.25) is 0 Å². The standard InChI is InChI=1S/C12H16BrFN2O3S/c1-3-6-16(8-12(17)15-2)20(18,19)11-5-4-9(14)7-10(11)13/h4-5,7H,3,6,8H2,1-2H3,(H,15,17). The normalized spacial score (nSPS) is 11.7. The van der Waals surface area contributed by atoms with Crippen LogP contribution in [0.4, 0.5) is 4.39 Å². The van der Waals surface area contributed by atoms with Gasteiger partial charge in [-0.25, -0.2) is 12.8 Å². The molecule has 1 rings (SSSR count). The quantitative estimate of drug-likeness (QED) is 0.833. The number of nitrogens with zero attached hydrogens (tertiary/aromatic N) is 1. The lowest BCUT2D eigenvalue weighted by Crippen LogP contribution is -2.40. The molecule has 1 aromatic rings. The summed E-state index contributed by atoms with van der Waals surface area (Å²) in [6.45, 7) is 1.75. The number of carbonyl (C=O) groups is 1. The van der Waals surface area contributed by atoms with Gasteiger partial charge in [-0.15, -0.1) is 0 Å². The third-order valence-corrected chi connectivity index (χ3v) is 5.41. The number of hydrogen-bond donors (Lipinski definition) is 1. The van der Waals surface area contributed by atoms with Crippen LogP contribution >= 0.6 is 15.9 Å². The lowest BCUT2D eigenvalue weighted by Gasteiger charge is -2.21. The van der Waals surface area contributed by atoms with Gasteiger partial charge in [0.05, 0.1) is 11.4 Å². The first-order valence-electron chi connectivity index (χ1n) is 5.98. The molecule has 0 aliphatic heterocycles. The molecule has 112 valence electrons. The van der Waals surface area contributed by atoms with Gasteiger partial charge in [0.1, 0.15) is 5.82 Å². The van der Waals surface area contributed by atoms with Crippen LogP contribution in [0.3, 0.4) is 0 Å². The van der Waals surface area contributed by atoms with Crippen LogP contribution in [0, 0.1) is 5.82 Å². The van der Waals surface area contributed by atoms with Gasteiger partial charge < -0.3 is 5.32 Å². The van der Waals surface area contributed by atoms with Crippen molar-refractivity contribution in [2.24, 2.45) is 0 Å². The molecule has 8 heteroatoms. The number of hydrogen-bond acceptors (Lipinski definition) is 3. The van der Waals surface area contributed by atoms with Crippen LogP contribution in [-0.4, -0.2) is 38.8 Å². The molecule has 1 aromatic carbocycles. The fraction of sp³-hybridized carbons (Fsp3) is 0.417. The minimum Gasteiger partial charge on any atom is -0.358 e. The highest BCUT2D eigenvalue weighted by molar-refractivity contribution is 9.10. The highest BCUT2D eigenvalue weighted by atomic mass is 79.9. The van der Waals surface area contributed by atoms with Gasteiger partial charge in [-0.05, 0) is 40.5 Å². The fourth-order valence-corrected chi connectivity index (χ4v) is 4.09. The second kappa shape index (κ2) is 7.14. The topological polar surface area (TPSA) is 66.5 Å². The first-order valence-corrected chi connectivity index (χ1v) is 8.22. The van der Waals surface area contributed by atoms with Crippen LogP contribution < -0.4 is 5.32 Å². The summed E-state index contributed by atoms with van der Waals surface area (Å²) in [5, 5.41) is 2.38. The lowest BCUT2D eigenvalue weighted by atomic mass is 10.3. The van der Waals surface area contributed by atoms with Crippen LogP contribution in [0.25, 0.3) is 0 Å². The number of halogens is 2. The van der Waals surface area contributed by atoms with Crippen LogP contribution in [-0.2, 0) is 14.8 Å². The summed E-state index contributed by atoms with van der Waals surface area (Å²) in [4.78, 5) is 11.4. The molecular weight excluding hydrogens is 351 g/mol. The molecule has 1 amide bonds. The third-order valence-electron chi connectivity index (χ3n) is 2.58. The molecule has 0 spiro atoms. The number of nitrogens with one attached hydrogen (secondary N) is 1. The molecule has 5 nitrogen and oxygen atoms in total. The molecule has 0 atom stereocenters. The molecule has 20 heavy (non-hydrogen) atoms. The van der Waals surface area contributed by atoms with Crippen LogP contribution in [0.15, 0.2) is 27.6 Å². The Morgan fingerprint density at radius 2 is 2.10 bits per heavy atom. The molecule has 0 heterocycles. The molecule has 1 N–H and O–H groups in total. The van der Waals surface area contributed by atoms with Crippen molar-refractivity contribution in [3.63, 3.8) is 0 Å². The molecule has 0 aliphatic carbocycles. The summed E-state index contributed by atoms with van der Waals surface area (Å²) >= 11 is 3.04. The first-order chi connectivity index (χ1) is 9.32. The monoisotopic (exact) mass is 366 g/mol. The van der Waals surface area contributed by atoms with E-state index >= 15 is 0 Å². The molecule has 0 aliphatic rings. The smallest absolute Gasteiger partial charge is 0.244 e. The Morgan fingerprint density at radius 3 is 2.60 bits per heavy atom. The zero-order valence-corrected chi connectivity index (χ0v) is 13.6. The molecule has 0 saturated heterocycles. The summed E-state index contributed by atoms with van der Waals surface area (Å²) < 4.78 is 39.3. The Morgan fingerprint density at radius 1 is 1.45 bits per heavy atom. The fourth-order valence-electron chi connectivity index (χ4n) is 1.60. The zero-order valence-electron chi connectivity index (χ0n) is 11.2. The zero-order chi connectivity index (χ0) is 15.3. The van der Waals surface area contributed by atoms with Crippen molar-refractivity contribution in [1.29, 1.82) is 0 Å². The van der Waals surface area contributed by atoms with Gasteiger partial charge in [0.2, 0.25) is 15.9 Å². The summed E-state index contributed by atoms with van der Waals surface area (Å²) in [7, 11) is -2.42. The van der Waals surface area contributed by atoms with Crippen molar-refractivity contribution in [1.82, 2.24) is 9.62 Å². The number of rotatable bonds is 6. The van der Waals surface area contributed by atoms with Gasteiger partial charge in [-0.3, -0.25) is 4.79 Å². The number of sulfonamides is 1. The Hall–Kier alpha value is -0.990. The van der Waals surface area contributed by atoms with Gasteiger partial charge in [-0.1, -0.05) is 6.92 Å². The van der Waals surface area contributed by atoms with Crippen LogP contribution in [0.1, 0.15) is 13.3 Å². The van der Waals surface area contributed by atoms with Crippen molar-refractivity contribution in [3.8, 4) is 0 Å². The average Bonchev–Trinajstić information content (AvgIpc) is 2.37. The molecule has 0 unspecified atom stereocenters. The van der Waals surface area contributed by atoms with E-state index < -0.39 is 21.7 Å². The van der Waals surface area contributed by atoms with Gasteiger partial charge in [0.15, 0.2) is 0 Å². The number of carbonyl (C=O) groups excluding carboxylic acids is 1. The maximum atomic E-state index is 13.0. The Balaban J connectivity index is 3.18. The highest BCUT2D eigenvalue weighted by Gasteiger charge is 2.27. The predicted octanol–water partition coefficient (Wildman–Crippen LogP) is 1.73. The Kier molecular flexibility index (Phi) is 6.09. The molecule has 0 radical (unpaired) electrons. The SMILES string of the molecule is CCCN(CC(=O)NC)S(=O)(=O)c1ccc(F)cc1Br. The van der Waals surface area contributed by atoms with E-state index in [1.165, 1.54) is 13.1 Å². The maximum Gasteiger partial charge on any atom is 0.244 e. The molecule has 0 saturated carbocycles. The van der Waals surface area contributed by atoms with Gasteiger partial charge in [0, 0.05) is 18.1 Å². The summed E-state index contributed by atoms with van der Waals surface area (Å²) in [5.41, 5.74) is 0. The minimum absolute atomic E-state index is 0.0590. The minimum atomic E-state index is -3.86. The second-order valence-electron chi connectivity index (χ2n) is 4.09. The van der Waals surface area contributed by atoms with Crippen LogP contribution in [0.5, 0.6) is 0 Å². The number of amides is 1. The molecular formula is C12H16BrFN2O3S. The summed E-state index contributed by atoms with van der Waals surface area (Å²) in [5.74, 6) is -0.940. The molecule has 0 fully saturated rings. The van der Waals surface area contributed by atoms with E-state index in [-0.39, 0.29) is 22.5 Å². The van der Waals surface area contributed by atoms with Crippen molar-refractivity contribution >= 4 is 31.9 Å². The Labute approximate surface area is 126 Å². The molecule has 0 aromatic heterocycles. The Bertz CT molecular complexity index is 592. The van der Waals surface area contributed by atoms with Gasteiger partial charge in [0.25, 0.3) is 0 Å². The summed E-state index contributed by atoms with van der Waals surface area (Å²) in [6.07, 6.45) is 0.565. The van der Waals surface area contributed by atoms with E-state index in [1.54, 1.807) is 0 Å². The maximum absolute atomic E-state index is 13.0. The number of benzene rings is 1. The van der Waals surface area contributed by atoms with Crippen molar-refractivity contribution < 1.29 is 17.6 Å². The van der Waals surface area contributed by atoms with Crippen molar-refractivity contribution in [3.05, 3.63) is 28.5 Å². The van der Waals surface area contributed by atoms with Crippen molar-refractivity contribution in [2.45, 2.75) is 18.2 Å². The second-order valence-corrected chi connectivity index (χ2v) is 6.85. The van der Waals surface area contributed by atoms with E-state index in [0.29, 0.717) is 6.42 Å². The van der Waals surface area contributed by atoms with E-state index in [0.717, 1.165) is 16.4 Å². The third kappa shape index (κ3) is 4.00. The first kappa shape index (κ1) is 17.1. The average molecular weight is 367 g/mol. The highest BCUT2D eigenvalue weighted by Crippen LogP contribution is 2.25. The lowest BCUT2D eigenvalue weighted by molar-refractivity contribution is -0.120. The molecule has 0 bridgehead atoms. The van der Waals surface area contributed by atoms with Gasteiger partial charge in [-0.2, -0.15) is 4.31 Å².